The predicted octanol–water partition coefficient (Wildman–Crippen LogP) is 4.41. The minimum absolute atomic E-state index is 0.340. The van der Waals surface area contributed by atoms with E-state index in [9.17, 15) is 9.50 Å². The van der Waals surface area contributed by atoms with E-state index in [1.807, 2.05) is 31.2 Å². The number of halogens is 1. The highest BCUT2D eigenvalue weighted by molar-refractivity contribution is 5.35. The third-order valence-electron chi connectivity index (χ3n) is 3.36. The SMILES string of the molecule is Cc1ccc(F)c(C(O)c2cccc(CC(C)C)c2)c1. The Labute approximate surface area is 120 Å². The van der Waals surface area contributed by atoms with Crippen molar-refractivity contribution in [1.82, 2.24) is 0 Å². The van der Waals surface area contributed by atoms with E-state index in [2.05, 4.69) is 13.8 Å². The molecular formula is C18H21FO. The average molecular weight is 272 g/mol. The van der Waals surface area contributed by atoms with Crippen LogP contribution in [-0.2, 0) is 6.42 Å². The minimum Gasteiger partial charge on any atom is -0.384 e. The van der Waals surface area contributed by atoms with E-state index in [1.165, 1.54) is 11.6 Å². The van der Waals surface area contributed by atoms with E-state index in [-0.39, 0.29) is 5.82 Å². The van der Waals surface area contributed by atoms with Crippen LogP contribution in [0.15, 0.2) is 42.5 Å². The number of aliphatic hydroxyl groups is 1. The van der Waals surface area contributed by atoms with E-state index >= 15 is 0 Å². The summed E-state index contributed by atoms with van der Waals surface area (Å²) in [5, 5.41) is 10.4. The second kappa shape index (κ2) is 6.19. The topological polar surface area (TPSA) is 20.2 Å². The fourth-order valence-corrected chi connectivity index (χ4v) is 2.41. The number of hydrogen-bond donors (Lipinski definition) is 1. The van der Waals surface area contributed by atoms with Gasteiger partial charge < -0.3 is 5.11 Å². The number of aliphatic hydroxyl groups excluding tert-OH is 1. The molecule has 0 spiro atoms. The zero-order valence-corrected chi connectivity index (χ0v) is 12.2. The van der Waals surface area contributed by atoms with Crippen LogP contribution >= 0.6 is 0 Å². The smallest absolute Gasteiger partial charge is 0.129 e. The van der Waals surface area contributed by atoms with Crippen LogP contribution in [0.25, 0.3) is 0 Å². The van der Waals surface area contributed by atoms with Gasteiger partial charge in [-0.2, -0.15) is 0 Å². The van der Waals surface area contributed by atoms with Crippen molar-refractivity contribution in [3.05, 3.63) is 70.5 Å². The molecule has 2 aromatic carbocycles. The van der Waals surface area contributed by atoms with Gasteiger partial charge >= 0.3 is 0 Å². The molecule has 0 bridgehead atoms. The molecule has 0 heterocycles. The van der Waals surface area contributed by atoms with Crippen molar-refractivity contribution < 1.29 is 9.50 Å². The standard InChI is InChI=1S/C18H21FO/c1-12(2)9-14-5-4-6-15(11-14)18(20)16-10-13(3)7-8-17(16)19/h4-8,10-12,18,20H,9H2,1-3H3. The molecule has 0 aliphatic heterocycles. The largest absolute Gasteiger partial charge is 0.384 e. The summed E-state index contributed by atoms with van der Waals surface area (Å²) in [6.45, 7) is 6.21. The van der Waals surface area contributed by atoms with Gasteiger partial charge in [-0.1, -0.05) is 55.8 Å². The van der Waals surface area contributed by atoms with Crippen LogP contribution in [0.1, 0.15) is 42.2 Å². The van der Waals surface area contributed by atoms with Crippen LogP contribution in [0.3, 0.4) is 0 Å². The molecule has 0 aromatic heterocycles. The molecule has 1 atom stereocenters. The van der Waals surface area contributed by atoms with Crippen molar-refractivity contribution in [2.75, 3.05) is 0 Å². The van der Waals surface area contributed by atoms with Gasteiger partial charge in [-0.3, -0.25) is 0 Å². The number of aryl methyl sites for hydroxylation is 1. The lowest BCUT2D eigenvalue weighted by molar-refractivity contribution is 0.214. The van der Waals surface area contributed by atoms with Crippen LogP contribution in [0.4, 0.5) is 4.39 Å². The molecule has 2 aromatic rings. The van der Waals surface area contributed by atoms with E-state index in [0.29, 0.717) is 11.5 Å². The fraction of sp³-hybridized carbons (Fsp3) is 0.333. The Bertz CT molecular complexity index is 590. The highest BCUT2D eigenvalue weighted by Gasteiger charge is 2.15. The molecule has 20 heavy (non-hydrogen) atoms. The van der Waals surface area contributed by atoms with Crippen molar-refractivity contribution in [3.8, 4) is 0 Å². The Morgan fingerprint density at radius 2 is 1.85 bits per heavy atom. The lowest BCUT2D eigenvalue weighted by atomic mass is 9.95. The lowest BCUT2D eigenvalue weighted by Gasteiger charge is -2.15. The molecule has 106 valence electrons. The molecular weight excluding hydrogens is 251 g/mol. The van der Waals surface area contributed by atoms with E-state index in [1.54, 1.807) is 12.1 Å². The first-order chi connectivity index (χ1) is 9.47. The van der Waals surface area contributed by atoms with Gasteiger partial charge in [-0.25, -0.2) is 4.39 Å². The van der Waals surface area contributed by atoms with Crippen LogP contribution in [0.2, 0.25) is 0 Å². The first-order valence-corrected chi connectivity index (χ1v) is 7.00. The summed E-state index contributed by atoms with van der Waals surface area (Å²) in [4.78, 5) is 0. The van der Waals surface area contributed by atoms with E-state index in [0.717, 1.165) is 17.5 Å². The summed E-state index contributed by atoms with van der Waals surface area (Å²) < 4.78 is 13.9. The molecule has 0 saturated carbocycles. The molecule has 0 aliphatic rings. The summed E-state index contributed by atoms with van der Waals surface area (Å²) >= 11 is 0. The highest BCUT2D eigenvalue weighted by atomic mass is 19.1. The van der Waals surface area contributed by atoms with Crippen LogP contribution in [-0.4, -0.2) is 5.11 Å². The molecule has 0 amide bonds. The summed E-state index contributed by atoms with van der Waals surface area (Å²) in [6, 6.07) is 12.6. The summed E-state index contributed by atoms with van der Waals surface area (Å²) in [7, 11) is 0. The fourth-order valence-electron chi connectivity index (χ4n) is 2.41. The van der Waals surface area contributed by atoms with Crippen molar-refractivity contribution in [1.29, 1.82) is 0 Å². The van der Waals surface area contributed by atoms with Gasteiger partial charge in [-0.15, -0.1) is 0 Å². The van der Waals surface area contributed by atoms with Gasteiger partial charge in [0.15, 0.2) is 0 Å². The summed E-state index contributed by atoms with van der Waals surface area (Å²) in [5.74, 6) is 0.190. The number of hydrogen-bond acceptors (Lipinski definition) is 1. The molecule has 1 unspecified atom stereocenters. The second-order valence-electron chi connectivity index (χ2n) is 5.77. The number of rotatable bonds is 4. The van der Waals surface area contributed by atoms with Crippen molar-refractivity contribution in [2.24, 2.45) is 5.92 Å². The highest BCUT2D eigenvalue weighted by Crippen LogP contribution is 2.26. The first kappa shape index (κ1) is 14.7. The molecule has 0 aliphatic carbocycles. The third-order valence-corrected chi connectivity index (χ3v) is 3.36. The van der Waals surface area contributed by atoms with Gasteiger partial charge in [-0.05, 0) is 36.5 Å². The maximum Gasteiger partial charge on any atom is 0.129 e. The number of benzene rings is 2. The van der Waals surface area contributed by atoms with Gasteiger partial charge in [0.05, 0.1) is 0 Å². The van der Waals surface area contributed by atoms with Crippen molar-refractivity contribution >= 4 is 0 Å². The molecule has 2 heteroatoms. The van der Waals surface area contributed by atoms with E-state index < -0.39 is 6.10 Å². The van der Waals surface area contributed by atoms with Crippen molar-refractivity contribution in [3.63, 3.8) is 0 Å². The monoisotopic (exact) mass is 272 g/mol. The Morgan fingerprint density at radius 3 is 2.55 bits per heavy atom. The van der Waals surface area contributed by atoms with E-state index in [4.69, 9.17) is 0 Å². The Balaban J connectivity index is 2.33. The van der Waals surface area contributed by atoms with Crippen LogP contribution in [0, 0.1) is 18.7 Å². The molecule has 2 rings (SSSR count). The molecule has 1 N–H and O–H groups in total. The molecule has 0 saturated heterocycles. The quantitative estimate of drug-likeness (QED) is 0.873. The molecule has 0 fully saturated rings. The summed E-state index contributed by atoms with van der Waals surface area (Å²) in [5.41, 5.74) is 3.20. The zero-order valence-electron chi connectivity index (χ0n) is 12.2. The van der Waals surface area contributed by atoms with Gasteiger partial charge in [0.1, 0.15) is 11.9 Å². The molecule has 1 nitrogen and oxygen atoms in total. The second-order valence-corrected chi connectivity index (χ2v) is 5.77. The van der Waals surface area contributed by atoms with Crippen LogP contribution < -0.4 is 0 Å². The normalized spacial score (nSPS) is 12.7. The molecule has 0 radical (unpaired) electrons. The van der Waals surface area contributed by atoms with Gasteiger partial charge in [0.2, 0.25) is 0 Å². The van der Waals surface area contributed by atoms with Gasteiger partial charge in [0.25, 0.3) is 0 Å². The lowest BCUT2D eigenvalue weighted by Crippen LogP contribution is -2.04. The van der Waals surface area contributed by atoms with Crippen molar-refractivity contribution in [2.45, 2.75) is 33.3 Å². The maximum atomic E-state index is 13.9. The Hall–Kier alpha value is -1.67. The van der Waals surface area contributed by atoms with Gasteiger partial charge in [0, 0.05) is 5.56 Å². The summed E-state index contributed by atoms with van der Waals surface area (Å²) in [6.07, 6.45) is 0.0404. The first-order valence-electron chi connectivity index (χ1n) is 7.00. The third kappa shape index (κ3) is 3.45. The minimum atomic E-state index is -0.915. The predicted molar refractivity (Wildman–Crippen MR) is 80.2 cm³/mol. The Kier molecular flexibility index (Phi) is 4.56. The maximum absolute atomic E-state index is 13.9. The Morgan fingerprint density at radius 1 is 1.10 bits per heavy atom. The zero-order chi connectivity index (χ0) is 14.7. The average Bonchev–Trinajstić information content (AvgIpc) is 2.40. The van der Waals surface area contributed by atoms with Crippen LogP contribution in [0.5, 0.6) is 0 Å².